The first-order valence-electron chi connectivity index (χ1n) is 16.0. The molecule has 6 rings (SSSR count). The molecular formula is C36H43N3O5. The van der Waals surface area contributed by atoms with Crippen molar-refractivity contribution in [2.75, 3.05) is 13.1 Å². The first kappa shape index (κ1) is 30.1. The number of hydrogen-bond acceptors (Lipinski definition) is 5. The average Bonchev–Trinajstić information content (AvgIpc) is 3.37. The zero-order valence-electron chi connectivity index (χ0n) is 25.7. The number of carboxylic acids is 1. The molecule has 8 nitrogen and oxygen atoms in total. The van der Waals surface area contributed by atoms with Gasteiger partial charge < -0.3 is 20.1 Å². The summed E-state index contributed by atoms with van der Waals surface area (Å²) in [4.78, 5) is 42.5. The third-order valence-corrected chi connectivity index (χ3v) is 11.2. The summed E-state index contributed by atoms with van der Waals surface area (Å²) in [6, 6.07) is 13.4. The van der Waals surface area contributed by atoms with Crippen molar-refractivity contribution in [1.29, 1.82) is 0 Å². The molecule has 4 aliphatic carbocycles. The van der Waals surface area contributed by atoms with Crippen molar-refractivity contribution >= 4 is 23.5 Å². The minimum Gasteiger partial charge on any atom is -0.480 e. The minimum atomic E-state index is -1.11. The number of rotatable bonds is 8. The summed E-state index contributed by atoms with van der Waals surface area (Å²) in [6.07, 6.45) is 15.0. The standard InChI is InChI=1S/C36H43N3O5/c1-35-16-14-27(44-34(43)38-21-32(40)39(23-33(41)42)22-24-7-4-3-5-8-24)19-26(35)10-11-28-30-13-12-29(25-9-6-18-37-20-25)36(30,2)17-15-31(28)35/h3-10,12,18,20,27-28,30-31H,11,13-17,19,21-23H2,1-2H3,(H,38,43)(H,41,42)/t27-,28-,30-,31-,35-,36+/m0/s1. The molecule has 44 heavy (non-hydrogen) atoms. The second kappa shape index (κ2) is 12.2. The van der Waals surface area contributed by atoms with Crippen molar-refractivity contribution in [3.05, 3.63) is 83.7 Å². The van der Waals surface area contributed by atoms with E-state index in [9.17, 15) is 19.5 Å². The van der Waals surface area contributed by atoms with Gasteiger partial charge in [0, 0.05) is 25.4 Å². The molecule has 0 spiro atoms. The number of carbonyl (C=O) groups excluding carboxylic acids is 2. The molecule has 0 radical (unpaired) electrons. The molecule has 2 amide bonds. The number of alkyl carbamates (subject to hydrolysis) is 1. The third kappa shape index (κ3) is 5.78. The van der Waals surface area contributed by atoms with Gasteiger partial charge in [-0.2, -0.15) is 0 Å². The van der Waals surface area contributed by atoms with E-state index in [0.29, 0.717) is 17.8 Å². The van der Waals surface area contributed by atoms with E-state index in [-0.39, 0.29) is 30.0 Å². The molecule has 8 heteroatoms. The Bertz CT molecular complexity index is 1460. The average molecular weight is 598 g/mol. The molecular weight excluding hydrogens is 554 g/mol. The maximum absolute atomic E-state index is 12.8. The maximum atomic E-state index is 12.8. The summed E-state index contributed by atoms with van der Waals surface area (Å²) in [6.45, 7) is 4.30. The lowest BCUT2D eigenvalue weighted by Crippen LogP contribution is -2.50. The molecule has 1 aromatic carbocycles. The number of benzene rings is 1. The Morgan fingerprint density at radius 2 is 1.80 bits per heavy atom. The molecule has 232 valence electrons. The molecule has 0 bridgehead atoms. The van der Waals surface area contributed by atoms with Crippen LogP contribution in [0.5, 0.6) is 0 Å². The quantitative estimate of drug-likeness (QED) is 0.349. The molecule has 2 aromatic rings. The Morgan fingerprint density at radius 1 is 1.00 bits per heavy atom. The molecule has 2 N–H and O–H groups in total. The van der Waals surface area contributed by atoms with Crippen molar-refractivity contribution < 1.29 is 24.2 Å². The zero-order valence-corrected chi connectivity index (χ0v) is 25.7. The van der Waals surface area contributed by atoms with E-state index >= 15 is 0 Å². The summed E-state index contributed by atoms with van der Waals surface area (Å²) in [5.41, 5.74) is 5.26. The highest BCUT2D eigenvalue weighted by Crippen LogP contribution is 2.66. The Morgan fingerprint density at radius 3 is 2.55 bits per heavy atom. The van der Waals surface area contributed by atoms with Gasteiger partial charge in [-0.05, 0) is 89.9 Å². The predicted molar refractivity (Wildman–Crippen MR) is 167 cm³/mol. The summed E-state index contributed by atoms with van der Waals surface area (Å²) >= 11 is 0. The lowest BCUT2D eigenvalue weighted by molar-refractivity contribution is -0.144. The van der Waals surface area contributed by atoms with Gasteiger partial charge in [-0.25, -0.2) is 4.79 Å². The van der Waals surface area contributed by atoms with Gasteiger partial charge in [0.1, 0.15) is 19.2 Å². The molecule has 0 unspecified atom stereocenters. The number of pyridine rings is 1. The highest BCUT2D eigenvalue weighted by Gasteiger charge is 2.57. The van der Waals surface area contributed by atoms with Gasteiger partial charge in [0.15, 0.2) is 0 Å². The number of ether oxygens (including phenoxy) is 1. The van der Waals surface area contributed by atoms with Crippen LogP contribution in [0.25, 0.3) is 5.57 Å². The highest BCUT2D eigenvalue weighted by molar-refractivity contribution is 5.85. The monoisotopic (exact) mass is 597 g/mol. The number of nitrogens with one attached hydrogen (secondary N) is 1. The second-order valence-corrected chi connectivity index (χ2v) is 13.6. The lowest BCUT2D eigenvalue weighted by Gasteiger charge is -2.57. The maximum Gasteiger partial charge on any atom is 0.407 e. The smallest absolute Gasteiger partial charge is 0.407 e. The number of amides is 2. The van der Waals surface area contributed by atoms with Crippen LogP contribution in [0.4, 0.5) is 4.79 Å². The van der Waals surface area contributed by atoms with E-state index in [1.54, 1.807) is 0 Å². The molecule has 0 saturated heterocycles. The fraction of sp³-hybridized carbons (Fsp3) is 0.500. The van der Waals surface area contributed by atoms with Gasteiger partial charge in [-0.15, -0.1) is 0 Å². The largest absolute Gasteiger partial charge is 0.480 e. The van der Waals surface area contributed by atoms with Gasteiger partial charge in [-0.3, -0.25) is 14.6 Å². The number of carbonyl (C=O) groups is 3. The van der Waals surface area contributed by atoms with Crippen molar-refractivity contribution in [3.63, 3.8) is 0 Å². The van der Waals surface area contributed by atoms with Crippen LogP contribution >= 0.6 is 0 Å². The van der Waals surface area contributed by atoms with E-state index in [1.165, 1.54) is 34.5 Å². The van der Waals surface area contributed by atoms with Crippen LogP contribution in [-0.4, -0.2) is 52.2 Å². The van der Waals surface area contributed by atoms with Crippen LogP contribution < -0.4 is 5.32 Å². The fourth-order valence-electron chi connectivity index (χ4n) is 8.92. The Hall–Kier alpha value is -3.94. The van der Waals surface area contributed by atoms with E-state index in [0.717, 1.165) is 37.7 Å². The predicted octanol–water partition coefficient (Wildman–Crippen LogP) is 6.25. The third-order valence-electron chi connectivity index (χ3n) is 11.2. The number of hydrogen-bond donors (Lipinski definition) is 2. The molecule has 4 aliphatic rings. The molecule has 6 atom stereocenters. The van der Waals surface area contributed by atoms with Gasteiger partial charge in [0.2, 0.25) is 5.91 Å². The van der Waals surface area contributed by atoms with Crippen molar-refractivity contribution in [2.45, 2.75) is 71.4 Å². The summed E-state index contributed by atoms with van der Waals surface area (Å²) in [5, 5.41) is 11.9. The van der Waals surface area contributed by atoms with Crippen molar-refractivity contribution in [3.8, 4) is 0 Å². The van der Waals surface area contributed by atoms with Crippen LogP contribution in [0.1, 0.15) is 69.9 Å². The first-order chi connectivity index (χ1) is 21.2. The molecule has 1 heterocycles. The van der Waals surface area contributed by atoms with Gasteiger partial charge >= 0.3 is 12.1 Å². The van der Waals surface area contributed by atoms with Crippen LogP contribution in [-0.2, 0) is 20.9 Å². The number of carboxylic acid groups (broad SMARTS) is 1. The van der Waals surface area contributed by atoms with Crippen molar-refractivity contribution in [1.82, 2.24) is 15.2 Å². The molecule has 2 saturated carbocycles. The van der Waals surface area contributed by atoms with Crippen LogP contribution in [0.15, 0.2) is 72.6 Å². The van der Waals surface area contributed by atoms with E-state index in [1.807, 2.05) is 48.8 Å². The number of nitrogens with zero attached hydrogens (tertiary/aromatic N) is 2. The SMILES string of the molecule is C[C@]12CC[C@H](OC(=O)NCC(=O)N(CC(=O)O)Cc3ccccc3)CC1=CC[C@@H]1[C@@H]2CC[C@]2(C)C(c3cccnc3)=CC[C@@H]12. The van der Waals surface area contributed by atoms with Crippen LogP contribution in [0.2, 0.25) is 0 Å². The second-order valence-electron chi connectivity index (χ2n) is 13.6. The van der Waals surface area contributed by atoms with E-state index < -0.39 is 24.5 Å². The number of aliphatic carboxylic acids is 1. The van der Waals surface area contributed by atoms with Gasteiger partial charge in [0.05, 0.1) is 0 Å². The number of fused-ring (bicyclic) bond motifs is 5. The minimum absolute atomic E-state index is 0.113. The molecule has 1 aromatic heterocycles. The van der Waals surface area contributed by atoms with E-state index in [2.05, 4.69) is 42.4 Å². The number of aromatic nitrogens is 1. The topological polar surface area (TPSA) is 109 Å². The Balaban J connectivity index is 1.05. The van der Waals surface area contributed by atoms with Crippen molar-refractivity contribution in [2.24, 2.45) is 28.6 Å². The summed E-state index contributed by atoms with van der Waals surface area (Å²) in [7, 11) is 0. The lowest BCUT2D eigenvalue weighted by atomic mass is 9.47. The fourth-order valence-corrected chi connectivity index (χ4v) is 8.92. The van der Waals surface area contributed by atoms with Crippen LogP contribution in [0, 0.1) is 28.6 Å². The normalized spacial score (nSPS) is 30.5. The molecule has 0 aliphatic heterocycles. The summed E-state index contributed by atoms with van der Waals surface area (Å²) in [5.74, 6) is 0.323. The highest BCUT2D eigenvalue weighted by atomic mass is 16.6. The summed E-state index contributed by atoms with van der Waals surface area (Å²) < 4.78 is 5.81. The Labute approximate surface area is 259 Å². The zero-order chi connectivity index (χ0) is 30.9. The Kier molecular flexibility index (Phi) is 8.36. The van der Waals surface area contributed by atoms with Crippen LogP contribution in [0.3, 0.4) is 0 Å². The van der Waals surface area contributed by atoms with Gasteiger partial charge in [-0.1, -0.05) is 68.0 Å². The van der Waals surface area contributed by atoms with Gasteiger partial charge in [0.25, 0.3) is 0 Å². The first-order valence-corrected chi connectivity index (χ1v) is 16.0. The number of allylic oxidation sites excluding steroid dienone is 3. The molecule has 2 fully saturated rings. The van der Waals surface area contributed by atoms with E-state index in [4.69, 9.17) is 4.74 Å².